The van der Waals surface area contributed by atoms with E-state index in [1.807, 2.05) is 0 Å². The van der Waals surface area contributed by atoms with Crippen LogP contribution >= 0.6 is 7.94 Å². The molecule has 6 heteroatoms. The molecule has 1 saturated heterocycles. The van der Waals surface area contributed by atoms with Gasteiger partial charge in [0, 0.05) is 0 Å². The molecule has 1 rings (SSSR count). The molecular formula is C6H13O5P. The van der Waals surface area contributed by atoms with Crippen LogP contribution in [0, 0.1) is 0 Å². The van der Waals surface area contributed by atoms with Crippen LogP contribution in [0.5, 0.6) is 0 Å². The third kappa shape index (κ3) is 2.68. The van der Waals surface area contributed by atoms with Crippen molar-refractivity contribution >= 4 is 13.9 Å². The van der Waals surface area contributed by atoms with Crippen LogP contribution in [0.3, 0.4) is 0 Å². The summed E-state index contributed by atoms with van der Waals surface area (Å²) in [5, 5.41) is 0. The van der Waals surface area contributed by atoms with Crippen molar-refractivity contribution < 1.29 is 23.5 Å². The fourth-order valence-electron chi connectivity index (χ4n) is 0.921. The Bertz CT molecular complexity index is 165. The molecular weight excluding hydrogens is 183 g/mol. The molecule has 12 heavy (non-hydrogen) atoms. The maximum absolute atomic E-state index is 10.8. The summed E-state index contributed by atoms with van der Waals surface area (Å²) in [6.07, 6.45) is 0.611. The van der Waals surface area contributed by atoms with Crippen LogP contribution in [-0.4, -0.2) is 37.3 Å². The van der Waals surface area contributed by atoms with E-state index in [1.54, 1.807) is 0 Å². The Morgan fingerprint density at radius 1 is 1.58 bits per heavy atom. The monoisotopic (exact) mass is 196 g/mol. The molecule has 0 aromatic carbocycles. The van der Waals surface area contributed by atoms with E-state index >= 15 is 0 Å². The Morgan fingerprint density at radius 3 is 2.67 bits per heavy atom. The van der Waals surface area contributed by atoms with E-state index in [0.717, 1.165) is 6.42 Å². The van der Waals surface area contributed by atoms with Gasteiger partial charge in [-0.2, -0.15) is 0 Å². The number of esters is 1. The van der Waals surface area contributed by atoms with E-state index in [-0.39, 0.29) is 6.16 Å². The molecule has 1 N–H and O–H groups in total. The number of carbonyl (C=O) groups excluding carboxylic acids is 1. The van der Waals surface area contributed by atoms with Crippen molar-refractivity contribution in [3.05, 3.63) is 0 Å². The van der Waals surface area contributed by atoms with Crippen molar-refractivity contribution in [2.75, 3.05) is 26.5 Å². The summed E-state index contributed by atoms with van der Waals surface area (Å²) in [6, 6.07) is 0. The van der Waals surface area contributed by atoms with Crippen LogP contribution in [-0.2, 0) is 18.6 Å². The van der Waals surface area contributed by atoms with Crippen molar-refractivity contribution in [1.29, 1.82) is 0 Å². The molecule has 72 valence electrons. The molecule has 1 heterocycles. The Kier molecular flexibility index (Phi) is 3.40. The average molecular weight is 196 g/mol. The van der Waals surface area contributed by atoms with Gasteiger partial charge in [0.2, 0.25) is 0 Å². The molecule has 1 aliphatic rings. The first-order chi connectivity index (χ1) is 5.66. The zero-order valence-corrected chi connectivity index (χ0v) is 7.91. The molecule has 0 atom stereocenters. The van der Waals surface area contributed by atoms with Crippen molar-refractivity contribution in [1.82, 2.24) is 0 Å². The number of hydrogen-bond donors (Lipinski definition) is 1. The van der Waals surface area contributed by atoms with Crippen LogP contribution in [0.25, 0.3) is 0 Å². The van der Waals surface area contributed by atoms with E-state index in [1.165, 1.54) is 7.11 Å². The minimum absolute atomic E-state index is 0.149. The Hall–Kier alpha value is -0.220. The van der Waals surface area contributed by atoms with Gasteiger partial charge in [-0.25, -0.2) is 0 Å². The third-order valence-corrected chi connectivity index (χ3v) is 3.59. The molecule has 0 unspecified atom stereocenters. The van der Waals surface area contributed by atoms with E-state index in [2.05, 4.69) is 4.74 Å². The van der Waals surface area contributed by atoms with Crippen LogP contribution in [0.1, 0.15) is 6.42 Å². The van der Waals surface area contributed by atoms with E-state index in [0.29, 0.717) is 13.2 Å². The SMILES string of the molecule is COC(=O)C[PH]1(O)OCCCO1. The Morgan fingerprint density at radius 2 is 2.17 bits per heavy atom. The quantitative estimate of drug-likeness (QED) is 0.500. The molecule has 1 fully saturated rings. The first-order valence-electron chi connectivity index (χ1n) is 3.73. The summed E-state index contributed by atoms with van der Waals surface area (Å²) >= 11 is 0. The van der Waals surface area contributed by atoms with Crippen LogP contribution in [0.4, 0.5) is 0 Å². The second kappa shape index (κ2) is 4.14. The molecule has 0 saturated carbocycles. The summed E-state index contributed by atoms with van der Waals surface area (Å²) in [5.41, 5.74) is 0. The van der Waals surface area contributed by atoms with Gasteiger partial charge in [0.25, 0.3) is 0 Å². The summed E-state index contributed by atoms with van der Waals surface area (Å²) in [5.74, 6) is -0.494. The molecule has 0 radical (unpaired) electrons. The van der Waals surface area contributed by atoms with Crippen molar-refractivity contribution in [2.24, 2.45) is 0 Å². The van der Waals surface area contributed by atoms with Gasteiger partial charge in [-0.15, -0.1) is 0 Å². The van der Waals surface area contributed by atoms with Gasteiger partial charge in [0.05, 0.1) is 0 Å². The Balaban J connectivity index is 2.41. The summed E-state index contributed by atoms with van der Waals surface area (Å²) < 4.78 is 14.4. The number of carbonyl (C=O) groups is 1. The fraction of sp³-hybridized carbons (Fsp3) is 0.833. The molecule has 1 aliphatic heterocycles. The van der Waals surface area contributed by atoms with Gasteiger partial charge in [0.15, 0.2) is 0 Å². The molecule has 0 aromatic rings. The molecule has 0 bridgehead atoms. The number of rotatable bonds is 2. The Labute approximate surface area is 71.2 Å². The number of ether oxygens (including phenoxy) is 1. The zero-order valence-electron chi connectivity index (χ0n) is 6.91. The van der Waals surface area contributed by atoms with E-state index in [4.69, 9.17) is 9.05 Å². The van der Waals surface area contributed by atoms with Gasteiger partial charge in [-0.1, -0.05) is 0 Å². The molecule has 5 nitrogen and oxygen atoms in total. The van der Waals surface area contributed by atoms with E-state index < -0.39 is 13.9 Å². The molecule has 0 aromatic heterocycles. The minimum atomic E-state index is -3.20. The molecule has 0 amide bonds. The molecule has 0 spiro atoms. The first-order valence-corrected chi connectivity index (χ1v) is 5.70. The first kappa shape index (κ1) is 9.86. The summed E-state index contributed by atoms with van der Waals surface area (Å²) in [6.45, 7) is 0.916. The van der Waals surface area contributed by atoms with Crippen LogP contribution in [0.2, 0.25) is 0 Å². The second-order valence-corrected chi connectivity index (χ2v) is 4.87. The van der Waals surface area contributed by atoms with E-state index in [9.17, 15) is 9.69 Å². The van der Waals surface area contributed by atoms with Crippen molar-refractivity contribution in [3.8, 4) is 0 Å². The van der Waals surface area contributed by atoms with Crippen molar-refractivity contribution in [3.63, 3.8) is 0 Å². The number of hydrogen-bond acceptors (Lipinski definition) is 5. The van der Waals surface area contributed by atoms with Crippen LogP contribution in [0.15, 0.2) is 0 Å². The second-order valence-electron chi connectivity index (χ2n) is 2.52. The zero-order chi connectivity index (χ0) is 9.03. The van der Waals surface area contributed by atoms with Gasteiger partial charge in [-0.3, -0.25) is 0 Å². The van der Waals surface area contributed by atoms with Gasteiger partial charge in [0.1, 0.15) is 0 Å². The summed E-state index contributed by atoms with van der Waals surface area (Å²) in [4.78, 5) is 20.3. The van der Waals surface area contributed by atoms with Gasteiger partial charge < -0.3 is 0 Å². The predicted octanol–water partition coefficient (Wildman–Crippen LogP) is 0.0835. The predicted molar refractivity (Wildman–Crippen MR) is 43.9 cm³/mol. The standard InChI is InChI=1S/C6H13O5P/c1-9-6(7)5-12(8)10-3-2-4-11-12/h8,12H,2-5H2,1H3. The maximum atomic E-state index is 10.8. The third-order valence-electron chi connectivity index (χ3n) is 1.54. The fourth-order valence-corrected chi connectivity index (χ4v) is 2.64. The number of methoxy groups -OCH3 is 1. The normalized spacial score (nSPS) is 24.5. The average Bonchev–Trinajstić information content (AvgIpc) is 2.05. The topological polar surface area (TPSA) is 65.0 Å². The van der Waals surface area contributed by atoms with Crippen LogP contribution < -0.4 is 0 Å². The van der Waals surface area contributed by atoms with Gasteiger partial charge >= 0.3 is 70.3 Å². The van der Waals surface area contributed by atoms with Gasteiger partial charge in [-0.05, 0) is 0 Å². The summed E-state index contributed by atoms with van der Waals surface area (Å²) in [7, 11) is -1.93. The van der Waals surface area contributed by atoms with Crippen molar-refractivity contribution in [2.45, 2.75) is 6.42 Å². The molecule has 0 aliphatic carbocycles.